The normalized spacial score (nSPS) is 10.8. The van der Waals surface area contributed by atoms with Crippen LogP contribution in [0.15, 0.2) is 52.9 Å². The van der Waals surface area contributed by atoms with Gasteiger partial charge in [-0.05, 0) is 24.6 Å². The highest BCUT2D eigenvalue weighted by molar-refractivity contribution is 5.98. The summed E-state index contributed by atoms with van der Waals surface area (Å²) in [4.78, 5) is 16.5. The van der Waals surface area contributed by atoms with E-state index < -0.39 is 0 Å². The van der Waals surface area contributed by atoms with Gasteiger partial charge < -0.3 is 4.42 Å². The number of aromatic nitrogens is 1. The molecular formula is C16H13NO2. The van der Waals surface area contributed by atoms with Gasteiger partial charge in [0.05, 0.1) is 6.42 Å². The fourth-order valence-electron chi connectivity index (χ4n) is 2.11. The number of rotatable bonds is 3. The van der Waals surface area contributed by atoms with E-state index >= 15 is 0 Å². The molecule has 0 atom stereocenters. The minimum absolute atomic E-state index is 0.0321. The lowest BCUT2D eigenvalue weighted by Gasteiger charge is -2.01. The molecule has 3 nitrogen and oxygen atoms in total. The maximum absolute atomic E-state index is 12.2. The van der Waals surface area contributed by atoms with Crippen LogP contribution in [-0.4, -0.2) is 10.8 Å². The van der Waals surface area contributed by atoms with Gasteiger partial charge in [0.25, 0.3) is 0 Å². The Morgan fingerprint density at radius 3 is 2.63 bits per heavy atom. The summed E-state index contributed by atoms with van der Waals surface area (Å²) in [6.45, 7) is 1.93. The summed E-state index contributed by atoms with van der Waals surface area (Å²) in [6, 6.07) is 15.1. The van der Waals surface area contributed by atoms with Crippen LogP contribution < -0.4 is 0 Å². The molecule has 2 aromatic carbocycles. The molecule has 0 saturated heterocycles. The number of fused-ring (bicyclic) bond motifs is 1. The topological polar surface area (TPSA) is 43.1 Å². The molecule has 0 bridgehead atoms. The average Bonchev–Trinajstić information content (AvgIpc) is 2.81. The first-order chi connectivity index (χ1) is 9.24. The number of aryl methyl sites for hydroxylation is 1. The first kappa shape index (κ1) is 11.7. The highest BCUT2D eigenvalue weighted by Gasteiger charge is 2.13. The molecule has 94 valence electrons. The van der Waals surface area contributed by atoms with Gasteiger partial charge in [-0.3, -0.25) is 4.79 Å². The van der Waals surface area contributed by atoms with Crippen molar-refractivity contribution in [1.29, 1.82) is 0 Å². The molecule has 0 saturated carbocycles. The number of carbonyl (C=O) groups is 1. The quantitative estimate of drug-likeness (QED) is 0.668. The van der Waals surface area contributed by atoms with Gasteiger partial charge in [0.15, 0.2) is 11.4 Å². The van der Waals surface area contributed by atoms with E-state index in [1.165, 1.54) is 0 Å². The van der Waals surface area contributed by atoms with E-state index in [0.29, 0.717) is 5.89 Å². The van der Waals surface area contributed by atoms with Crippen molar-refractivity contribution in [2.45, 2.75) is 13.3 Å². The highest BCUT2D eigenvalue weighted by atomic mass is 16.3. The second-order valence-corrected chi connectivity index (χ2v) is 4.49. The number of nitrogens with zero attached hydrogens (tertiary/aromatic N) is 1. The Hall–Kier alpha value is -2.42. The zero-order chi connectivity index (χ0) is 13.2. The highest BCUT2D eigenvalue weighted by Crippen LogP contribution is 2.17. The summed E-state index contributed by atoms with van der Waals surface area (Å²) in [7, 11) is 0. The summed E-state index contributed by atoms with van der Waals surface area (Å²) >= 11 is 0. The van der Waals surface area contributed by atoms with Crippen LogP contribution in [0.1, 0.15) is 21.8 Å². The fourth-order valence-corrected chi connectivity index (χ4v) is 2.11. The lowest BCUT2D eigenvalue weighted by Crippen LogP contribution is -2.05. The van der Waals surface area contributed by atoms with E-state index in [1.807, 2.05) is 55.5 Å². The summed E-state index contributed by atoms with van der Waals surface area (Å²) in [5, 5.41) is 0. The first-order valence-corrected chi connectivity index (χ1v) is 6.17. The smallest absolute Gasteiger partial charge is 0.203 e. The molecule has 3 heteroatoms. The zero-order valence-corrected chi connectivity index (χ0v) is 10.6. The predicted molar refractivity (Wildman–Crippen MR) is 73.2 cm³/mol. The predicted octanol–water partition coefficient (Wildman–Crippen LogP) is 3.56. The minimum Gasteiger partial charge on any atom is -0.440 e. The molecule has 3 aromatic rings. The van der Waals surface area contributed by atoms with Gasteiger partial charge in [-0.15, -0.1) is 0 Å². The van der Waals surface area contributed by atoms with Gasteiger partial charge in [-0.1, -0.05) is 36.4 Å². The molecule has 0 unspecified atom stereocenters. The molecule has 1 aromatic heterocycles. The molecule has 3 rings (SSSR count). The summed E-state index contributed by atoms with van der Waals surface area (Å²) in [6.07, 6.45) is 0.194. The molecule has 19 heavy (non-hydrogen) atoms. The van der Waals surface area contributed by atoms with Crippen LogP contribution >= 0.6 is 0 Å². The van der Waals surface area contributed by atoms with Crippen molar-refractivity contribution < 1.29 is 9.21 Å². The molecule has 0 aliphatic carbocycles. The van der Waals surface area contributed by atoms with Crippen LogP contribution in [0.5, 0.6) is 0 Å². The summed E-state index contributed by atoms with van der Waals surface area (Å²) in [5.74, 6) is 0.499. The van der Waals surface area contributed by atoms with Crippen molar-refractivity contribution in [1.82, 2.24) is 4.98 Å². The SMILES string of the molecule is Cc1ccccc1C(=O)Cc1nc2ccccc2o1. The third kappa shape index (κ3) is 2.27. The third-order valence-corrected chi connectivity index (χ3v) is 3.10. The first-order valence-electron chi connectivity index (χ1n) is 6.17. The molecule has 0 radical (unpaired) electrons. The van der Waals surface area contributed by atoms with Crippen molar-refractivity contribution in [3.05, 3.63) is 65.5 Å². The van der Waals surface area contributed by atoms with Crippen LogP contribution in [0, 0.1) is 6.92 Å². The molecule has 0 fully saturated rings. The average molecular weight is 251 g/mol. The maximum atomic E-state index is 12.2. The summed E-state index contributed by atoms with van der Waals surface area (Å²) in [5.41, 5.74) is 3.21. The molecule has 0 aliphatic rings. The van der Waals surface area contributed by atoms with Gasteiger partial charge in [0.2, 0.25) is 5.89 Å². The lowest BCUT2D eigenvalue weighted by atomic mass is 10.0. The Labute approximate surface area is 110 Å². The number of Topliss-reactive ketones (excluding diaryl/α,β-unsaturated/α-hetero) is 1. The van der Waals surface area contributed by atoms with Crippen molar-refractivity contribution in [2.24, 2.45) is 0 Å². The molecular weight excluding hydrogens is 238 g/mol. The number of benzene rings is 2. The van der Waals surface area contributed by atoms with Crippen LogP contribution in [0.25, 0.3) is 11.1 Å². The molecule has 0 amide bonds. The Morgan fingerprint density at radius 1 is 1.11 bits per heavy atom. The second kappa shape index (κ2) is 4.69. The van der Waals surface area contributed by atoms with E-state index in [1.54, 1.807) is 0 Å². The van der Waals surface area contributed by atoms with Gasteiger partial charge in [0, 0.05) is 5.56 Å². The molecule has 0 aliphatic heterocycles. The Bertz CT molecular complexity index is 710. The fraction of sp³-hybridized carbons (Fsp3) is 0.125. The summed E-state index contributed by atoms with van der Waals surface area (Å²) < 4.78 is 5.57. The van der Waals surface area contributed by atoms with Gasteiger partial charge >= 0.3 is 0 Å². The molecule has 0 spiro atoms. The largest absolute Gasteiger partial charge is 0.440 e. The van der Waals surface area contributed by atoms with E-state index in [9.17, 15) is 4.79 Å². The van der Waals surface area contributed by atoms with E-state index in [4.69, 9.17) is 4.42 Å². The van der Waals surface area contributed by atoms with Crippen molar-refractivity contribution in [2.75, 3.05) is 0 Å². The lowest BCUT2D eigenvalue weighted by molar-refractivity contribution is 0.0985. The van der Waals surface area contributed by atoms with E-state index in [2.05, 4.69) is 4.98 Å². The number of oxazole rings is 1. The van der Waals surface area contributed by atoms with E-state index in [0.717, 1.165) is 22.2 Å². The van der Waals surface area contributed by atoms with Crippen molar-refractivity contribution >= 4 is 16.9 Å². The second-order valence-electron chi connectivity index (χ2n) is 4.49. The zero-order valence-electron chi connectivity index (χ0n) is 10.6. The number of hydrogen-bond acceptors (Lipinski definition) is 3. The van der Waals surface area contributed by atoms with Crippen molar-refractivity contribution in [3.63, 3.8) is 0 Å². The number of para-hydroxylation sites is 2. The monoisotopic (exact) mass is 251 g/mol. The van der Waals surface area contributed by atoms with Crippen LogP contribution in [-0.2, 0) is 6.42 Å². The van der Waals surface area contributed by atoms with Crippen LogP contribution in [0.4, 0.5) is 0 Å². The molecule has 0 N–H and O–H groups in total. The van der Waals surface area contributed by atoms with Gasteiger partial charge in [0.1, 0.15) is 5.52 Å². The number of ketones is 1. The number of hydrogen-bond donors (Lipinski definition) is 0. The van der Waals surface area contributed by atoms with Crippen LogP contribution in [0.2, 0.25) is 0 Å². The van der Waals surface area contributed by atoms with Crippen molar-refractivity contribution in [3.8, 4) is 0 Å². The maximum Gasteiger partial charge on any atom is 0.203 e. The molecule has 1 heterocycles. The Balaban J connectivity index is 1.89. The Kier molecular flexibility index (Phi) is 2.88. The Morgan fingerprint density at radius 2 is 1.84 bits per heavy atom. The number of carbonyl (C=O) groups excluding carboxylic acids is 1. The van der Waals surface area contributed by atoms with Gasteiger partial charge in [-0.2, -0.15) is 0 Å². The van der Waals surface area contributed by atoms with Crippen LogP contribution in [0.3, 0.4) is 0 Å². The minimum atomic E-state index is 0.0321. The van der Waals surface area contributed by atoms with Gasteiger partial charge in [-0.25, -0.2) is 4.98 Å². The van der Waals surface area contributed by atoms with E-state index in [-0.39, 0.29) is 12.2 Å². The third-order valence-electron chi connectivity index (χ3n) is 3.10. The standard InChI is InChI=1S/C16H13NO2/c1-11-6-2-3-7-12(11)14(18)10-16-17-13-8-4-5-9-15(13)19-16/h2-9H,10H2,1H3.